The van der Waals surface area contributed by atoms with E-state index in [2.05, 4.69) is 38.4 Å². The predicted octanol–water partition coefficient (Wildman–Crippen LogP) is 2.85. The highest BCUT2D eigenvalue weighted by Gasteiger charge is 2.25. The van der Waals surface area contributed by atoms with Gasteiger partial charge in [0.15, 0.2) is 5.96 Å². The average molecular weight is 376 g/mol. The molecule has 27 heavy (non-hydrogen) atoms. The number of guanidine groups is 1. The molecule has 152 valence electrons. The topological polar surface area (TPSA) is 56.0 Å². The Morgan fingerprint density at radius 1 is 1.22 bits per heavy atom. The molecule has 1 unspecified atom stereocenters. The zero-order chi connectivity index (χ0) is 18.9. The lowest BCUT2D eigenvalue weighted by molar-refractivity contribution is 0.146. The lowest BCUT2D eigenvalue weighted by Gasteiger charge is -2.35. The molecule has 0 saturated carbocycles. The minimum atomic E-state index is 0.269. The summed E-state index contributed by atoms with van der Waals surface area (Å²) in [4.78, 5) is 9.58. The molecule has 6 heteroatoms. The highest BCUT2D eigenvalue weighted by atomic mass is 16.3. The Morgan fingerprint density at radius 3 is 2.63 bits per heavy atom. The van der Waals surface area contributed by atoms with Gasteiger partial charge in [-0.05, 0) is 63.9 Å². The maximum Gasteiger partial charge on any atom is 0.191 e. The van der Waals surface area contributed by atoms with E-state index in [1.54, 1.807) is 6.26 Å². The number of aliphatic imine (C=N–C) groups is 1. The smallest absolute Gasteiger partial charge is 0.191 e. The van der Waals surface area contributed by atoms with Crippen LogP contribution in [0.1, 0.15) is 57.3 Å². The predicted molar refractivity (Wildman–Crippen MR) is 111 cm³/mol. The van der Waals surface area contributed by atoms with Gasteiger partial charge < -0.3 is 20.0 Å². The van der Waals surface area contributed by atoms with E-state index in [-0.39, 0.29) is 6.04 Å². The van der Waals surface area contributed by atoms with Gasteiger partial charge in [0.1, 0.15) is 5.76 Å². The zero-order valence-electron chi connectivity index (χ0n) is 17.1. The minimum absolute atomic E-state index is 0.269. The number of furan rings is 1. The molecule has 0 spiro atoms. The summed E-state index contributed by atoms with van der Waals surface area (Å²) in [5.41, 5.74) is 0. The van der Waals surface area contributed by atoms with E-state index in [4.69, 9.17) is 4.42 Å². The van der Waals surface area contributed by atoms with E-state index >= 15 is 0 Å². The molecule has 2 N–H and O–H groups in total. The van der Waals surface area contributed by atoms with Crippen LogP contribution < -0.4 is 10.6 Å². The van der Waals surface area contributed by atoms with Crippen molar-refractivity contribution in [1.82, 2.24) is 20.4 Å². The number of nitrogens with zero attached hydrogens (tertiary/aromatic N) is 3. The first kappa shape index (κ1) is 20.2. The zero-order valence-corrected chi connectivity index (χ0v) is 17.1. The second-order valence-electron chi connectivity index (χ2n) is 7.84. The van der Waals surface area contributed by atoms with Gasteiger partial charge in [-0.3, -0.25) is 9.89 Å². The molecule has 1 aromatic rings. The molecule has 0 aliphatic carbocycles. The van der Waals surface area contributed by atoms with Crippen LogP contribution in [0.15, 0.2) is 27.8 Å². The quantitative estimate of drug-likeness (QED) is 0.567. The number of hydrogen-bond donors (Lipinski definition) is 2. The van der Waals surface area contributed by atoms with E-state index in [0.29, 0.717) is 6.04 Å². The van der Waals surface area contributed by atoms with Gasteiger partial charge in [0.2, 0.25) is 0 Å². The summed E-state index contributed by atoms with van der Waals surface area (Å²) in [6.45, 7) is 8.97. The maximum absolute atomic E-state index is 5.75. The van der Waals surface area contributed by atoms with E-state index in [1.165, 1.54) is 58.2 Å². The van der Waals surface area contributed by atoms with Crippen LogP contribution in [0, 0.1) is 0 Å². The van der Waals surface area contributed by atoms with Crippen LogP contribution >= 0.6 is 0 Å². The SMILES string of the molecule is CCCN1CCC(NC(=NC)NCC(c2ccco2)N2CCCCC2)CC1. The molecule has 2 aliphatic rings. The molecule has 6 nitrogen and oxygen atoms in total. The molecule has 2 fully saturated rings. The molecule has 1 atom stereocenters. The van der Waals surface area contributed by atoms with Gasteiger partial charge >= 0.3 is 0 Å². The molecule has 0 radical (unpaired) electrons. The standard InChI is InChI=1S/C21H37N5O/c1-3-11-25-14-9-18(10-15-25)24-21(22-2)23-17-19(20-8-7-16-27-20)26-12-5-4-6-13-26/h7-8,16,18-19H,3-6,9-15,17H2,1-2H3,(H2,22,23,24). The third kappa shape index (κ3) is 5.98. The summed E-state index contributed by atoms with van der Waals surface area (Å²) in [5, 5.41) is 7.20. The molecule has 3 heterocycles. The van der Waals surface area contributed by atoms with Crippen molar-refractivity contribution in [3.63, 3.8) is 0 Å². The van der Waals surface area contributed by atoms with Gasteiger partial charge in [0, 0.05) is 32.7 Å². The normalized spacial score (nSPS) is 21.9. The summed E-state index contributed by atoms with van der Waals surface area (Å²) < 4.78 is 5.75. The number of rotatable bonds is 7. The highest BCUT2D eigenvalue weighted by molar-refractivity contribution is 5.80. The fraction of sp³-hybridized carbons (Fsp3) is 0.762. The minimum Gasteiger partial charge on any atom is -0.468 e. The van der Waals surface area contributed by atoms with E-state index < -0.39 is 0 Å². The van der Waals surface area contributed by atoms with Crippen LogP contribution in [-0.2, 0) is 0 Å². The van der Waals surface area contributed by atoms with Crippen LogP contribution in [0.4, 0.5) is 0 Å². The molecule has 0 bridgehead atoms. The van der Waals surface area contributed by atoms with E-state index in [0.717, 1.165) is 31.4 Å². The van der Waals surface area contributed by atoms with Gasteiger partial charge in [-0.25, -0.2) is 0 Å². The van der Waals surface area contributed by atoms with Crippen molar-refractivity contribution in [3.05, 3.63) is 24.2 Å². The number of nitrogens with one attached hydrogen (secondary N) is 2. The largest absolute Gasteiger partial charge is 0.468 e. The second kappa shape index (κ2) is 10.7. The molecule has 0 aromatic carbocycles. The third-order valence-electron chi connectivity index (χ3n) is 5.86. The molecular weight excluding hydrogens is 338 g/mol. The lowest BCUT2D eigenvalue weighted by atomic mass is 10.0. The maximum atomic E-state index is 5.75. The van der Waals surface area contributed by atoms with Gasteiger partial charge in [-0.1, -0.05) is 13.3 Å². The van der Waals surface area contributed by atoms with Crippen molar-refractivity contribution in [2.75, 3.05) is 46.3 Å². The first-order valence-electron chi connectivity index (χ1n) is 10.8. The monoisotopic (exact) mass is 375 g/mol. The first-order valence-corrected chi connectivity index (χ1v) is 10.8. The molecule has 1 aromatic heterocycles. The fourth-order valence-electron chi connectivity index (χ4n) is 4.32. The molecule has 2 aliphatic heterocycles. The van der Waals surface area contributed by atoms with Crippen LogP contribution in [0.2, 0.25) is 0 Å². The van der Waals surface area contributed by atoms with Gasteiger partial charge in [0.25, 0.3) is 0 Å². The molecule has 0 amide bonds. The Morgan fingerprint density at radius 2 is 2.00 bits per heavy atom. The number of likely N-dealkylation sites (tertiary alicyclic amines) is 2. The van der Waals surface area contributed by atoms with Crippen LogP contribution in [0.3, 0.4) is 0 Å². The van der Waals surface area contributed by atoms with Gasteiger partial charge in [0.05, 0.1) is 12.3 Å². The van der Waals surface area contributed by atoms with Crippen molar-refractivity contribution < 1.29 is 4.42 Å². The third-order valence-corrected chi connectivity index (χ3v) is 5.86. The Balaban J connectivity index is 1.51. The molecule has 3 rings (SSSR count). The van der Waals surface area contributed by atoms with Crippen molar-refractivity contribution >= 4 is 5.96 Å². The summed E-state index contributed by atoms with van der Waals surface area (Å²) in [6.07, 6.45) is 9.30. The fourth-order valence-corrected chi connectivity index (χ4v) is 4.32. The summed E-state index contributed by atoms with van der Waals surface area (Å²) in [6, 6.07) is 4.87. The molecule has 2 saturated heterocycles. The molecular formula is C21H37N5O. The van der Waals surface area contributed by atoms with Crippen molar-refractivity contribution in [2.24, 2.45) is 4.99 Å². The summed E-state index contributed by atoms with van der Waals surface area (Å²) in [5.74, 6) is 1.96. The van der Waals surface area contributed by atoms with E-state index in [9.17, 15) is 0 Å². The van der Waals surface area contributed by atoms with Crippen molar-refractivity contribution in [2.45, 2.75) is 57.5 Å². The van der Waals surface area contributed by atoms with Gasteiger partial charge in [-0.2, -0.15) is 0 Å². The van der Waals surface area contributed by atoms with Crippen LogP contribution in [0.5, 0.6) is 0 Å². The Bertz CT molecular complexity index is 545. The average Bonchev–Trinajstić information content (AvgIpc) is 3.24. The second-order valence-corrected chi connectivity index (χ2v) is 7.84. The van der Waals surface area contributed by atoms with Crippen LogP contribution in [-0.4, -0.2) is 68.1 Å². The van der Waals surface area contributed by atoms with E-state index in [1.807, 2.05) is 13.1 Å². The Hall–Kier alpha value is -1.53. The lowest BCUT2D eigenvalue weighted by Crippen LogP contribution is -2.50. The van der Waals surface area contributed by atoms with Crippen LogP contribution in [0.25, 0.3) is 0 Å². The van der Waals surface area contributed by atoms with Crippen molar-refractivity contribution in [3.8, 4) is 0 Å². The Labute approximate surface area is 164 Å². The number of hydrogen-bond acceptors (Lipinski definition) is 4. The summed E-state index contributed by atoms with van der Waals surface area (Å²) >= 11 is 0. The highest BCUT2D eigenvalue weighted by Crippen LogP contribution is 2.24. The Kier molecular flexibility index (Phi) is 8.02. The van der Waals surface area contributed by atoms with Gasteiger partial charge in [-0.15, -0.1) is 0 Å². The van der Waals surface area contributed by atoms with Crippen molar-refractivity contribution in [1.29, 1.82) is 0 Å². The summed E-state index contributed by atoms with van der Waals surface area (Å²) in [7, 11) is 1.87. The first-order chi connectivity index (χ1) is 13.3. The number of piperidine rings is 2.